The van der Waals surface area contributed by atoms with E-state index in [0.29, 0.717) is 52.6 Å². The van der Waals surface area contributed by atoms with Crippen LogP contribution in [0.3, 0.4) is 0 Å². The Kier molecular flexibility index (Phi) is 6.95. The molecule has 0 saturated heterocycles. The number of anilines is 4. The number of benzene rings is 2. The van der Waals surface area contributed by atoms with E-state index in [1.54, 1.807) is 30.3 Å². The van der Waals surface area contributed by atoms with Crippen LogP contribution >= 0.6 is 11.6 Å². The summed E-state index contributed by atoms with van der Waals surface area (Å²) in [5.41, 5.74) is 10.4. The van der Waals surface area contributed by atoms with Crippen LogP contribution in [0.5, 0.6) is 11.5 Å². The molecule has 0 atom stereocenters. The second-order valence-electron chi connectivity index (χ2n) is 8.81. The Balaban J connectivity index is 1.44. The molecule has 4 aromatic rings. The lowest BCUT2D eigenvalue weighted by Crippen LogP contribution is -2.24. The highest BCUT2D eigenvalue weighted by molar-refractivity contribution is 7.85. The Hall–Kier alpha value is -3.74. The second-order valence-corrected chi connectivity index (χ2v) is 10.9. The lowest BCUT2D eigenvalue weighted by atomic mass is 10.1. The number of ether oxygens (including phenoxy) is 2. The molecule has 5 rings (SSSR count). The van der Waals surface area contributed by atoms with Crippen molar-refractivity contribution in [3.63, 3.8) is 0 Å². The fourth-order valence-electron chi connectivity index (χ4n) is 4.43. The zero-order valence-electron chi connectivity index (χ0n) is 21.1. The first-order chi connectivity index (χ1) is 18.1. The number of para-hydroxylation sites is 1. The molecule has 0 unspecified atom stereocenters. The molecule has 0 bridgehead atoms. The minimum atomic E-state index is -3.53. The van der Waals surface area contributed by atoms with Gasteiger partial charge >= 0.3 is 0 Å². The monoisotopic (exact) mass is 558 g/mol. The molecule has 0 amide bonds. The van der Waals surface area contributed by atoms with Crippen LogP contribution in [0, 0.1) is 0 Å². The van der Waals surface area contributed by atoms with E-state index in [1.807, 2.05) is 24.4 Å². The van der Waals surface area contributed by atoms with Crippen LogP contribution in [0.25, 0.3) is 22.2 Å². The molecular weight excluding hydrogens is 532 g/mol. The molecule has 2 aromatic carbocycles. The number of halogens is 1. The number of nitrogens with zero attached hydrogens (tertiary/aromatic N) is 4. The molecule has 13 heteroatoms. The summed E-state index contributed by atoms with van der Waals surface area (Å²) >= 11 is 6.56. The van der Waals surface area contributed by atoms with Crippen molar-refractivity contribution in [3.8, 4) is 22.8 Å². The molecule has 200 valence electrons. The van der Waals surface area contributed by atoms with E-state index < -0.39 is 10.1 Å². The van der Waals surface area contributed by atoms with Gasteiger partial charge in [-0.15, -0.1) is 0 Å². The number of methoxy groups -OCH3 is 1. The van der Waals surface area contributed by atoms with E-state index in [-0.39, 0.29) is 6.61 Å². The van der Waals surface area contributed by atoms with Crippen LogP contribution in [0.1, 0.15) is 0 Å². The van der Waals surface area contributed by atoms with Gasteiger partial charge in [-0.1, -0.05) is 23.7 Å². The Labute approximate surface area is 225 Å². The molecule has 1 aliphatic rings. The lowest BCUT2D eigenvalue weighted by molar-refractivity contribution is 0.287. The third kappa shape index (κ3) is 5.15. The number of hydrogen-bond donors (Lipinski definition) is 2. The van der Waals surface area contributed by atoms with Crippen LogP contribution in [-0.4, -0.2) is 63.1 Å². The maximum Gasteiger partial charge on any atom is 0.264 e. The molecular formula is C25H27ClN6O5S. The van der Waals surface area contributed by atoms with Gasteiger partial charge in [0.15, 0.2) is 0 Å². The molecule has 3 heterocycles. The van der Waals surface area contributed by atoms with Gasteiger partial charge in [0, 0.05) is 36.8 Å². The summed E-state index contributed by atoms with van der Waals surface area (Å²) in [4.78, 5) is 10.9. The number of aromatic nitrogens is 3. The van der Waals surface area contributed by atoms with Crippen molar-refractivity contribution in [3.05, 3.63) is 47.7 Å². The first-order valence-corrected chi connectivity index (χ1v) is 13.9. The summed E-state index contributed by atoms with van der Waals surface area (Å²) in [7, 11) is -0.209. The van der Waals surface area contributed by atoms with Crippen molar-refractivity contribution in [2.75, 3.05) is 56.1 Å². The summed E-state index contributed by atoms with van der Waals surface area (Å²) in [5, 5.41) is 4.59. The van der Waals surface area contributed by atoms with Crippen molar-refractivity contribution < 1.29 is 22.1 Å². The van der Waals surface area contributed by atoms with Gasteiger partial charge in [0.25, 0.3) is 10.1 Å². The maximum absolute atomic E-state index is 11.2. The first-order valence-electron chi connectivity index (χ1n) is 11.7. The third-order valence-corrected chi connectivity index (χ3v) is 7.05. The topological polar surface area (TPSA) is 134 Å². The van der Waals surface area contributed by atoms with E-state index in [0.717, 1.165) is 35.0 Å². The Morgan fingerprint density at radius 2 is 2.13 bits per heavy atom. The normalized spacial score (nSPS) is 12.8. The van der Waals surface area contributed by atoms with Crippen molar-refractivity contribution in [2.24, 2.45) is 0 Å². The molecule has 0 spiro atoms. The number of nitrogens with two attached hydrogens (primary N) is 1. The molecule has 11 nitrogen and oxygen atoms in total. The zero-order chi connectivity index (χ0) is 27.0. The molecule has 0 aliphatic carbocycles. The molecule has 2 aromatic heterocycles. The van der Waals surface area contributed by atoms with Crippen LogP contribution in [0.4, 0.5) is 23.0 Å². The van der Waals surface area contributed by atoms with E-state index in [2.05, 4.69) is 14.9 Å². The van der Waals surface area contributed by atoms with Gasteiger partial charge in [-0.3, -0.25) is 4.18 Å². The number of hydrogen-bond acceptors (Lipinski definition) is 10. The van der Waals surface area contributed by atoms with Gasteiger partial charge in [0.05, 0.1) is 66.0 Å². The fourth-order valence-corrected chi connectivity index (χ4v) is 5.00. The van der Waals surface area contributed by atoms with Crippen molar-refractivity contribution >= 4 is 55.6 Å². The predicted octanol–water partition coefficient (Wildman–Crippen LogP) is 3.89. The van der Waals surface area contributed by atoms with Gasteiger partial charge in [-0.2, -0.15) is 8.42 Å². The highest BCUT2D eigenvalue weighted by atomic mass is 35.5. The summed E-state index contributed by atoms with van der Waals surface area (Å²) < 4.78 is 40.9. The third-order valence-electron chi connectivity index (χ3n) is 6.18. The SMILES string of the molecule is COc1cc(N(C)CCOS(C)(=O)=O)c(N)cc1Nc1ncc(Cl)c(-c2cn3c4c(cccc24)OCC3)n1. The minimum Gasteiger partial charge on any atom is -0.494 e. The minimum absolute atomic E-state index is 0.0114. The van der Waals surface area contributed by atoms with Crippen molar-refractivity contribution in [1.82, 2.24) is 14.5 Å². The molecule has 0 fully saturated rings. The maximum atomic E-state index is 11.2. The van der Waals surface area contributed by atoms with Gasteiger partial charge in [0.2, 0.25) is 5.95 Å². The van der Waals surface area contributed by atoms with E-state index in [4.69, 9.17) is 36.0 Å². The molecule has 3 N–H and O–H groups in total. The molecule has 1 aliphatic heterocycles. The first kappa shape index (κ1) is 25.9. The van der Waals surface area contributed by atoms with Gasteiger partial charge in [-0.25, -0.2) is 9.97 Å². The fraction of sp³-hybridized carbons (Fsp3) is 0.280. The molecule has 0 radical (unpaired) electrons. The van der Waals surface area contributed by atoms with Crippen LogP contribution in [0.2, 0.25) is 5.02 Å². The van der Waals surface area contributed by atoms with Crippen LogP contribution in [-0.2, 0) is 20.8 Å². The van der Waals surface area contributed by atoms with Crippen LogP contribution < -0.4 is 25.4 Å². The highest BCUT2D eigenvalue weighted by Gasteiger charge is 2.21. The van der Waals surface area contributed by atoms with Gasteiger partial charge < -0.3 is 30.0 Å². The average molecular weight is 559 g/mol. The quantitative estimate of drug-likeness (QED) is 0.230. The summed E-state index contributed by atoms with van der Waals surface area (Å²) in [6.07, 6.45) is 4.59. The smallest absolute Gasteiger partial charge is 0.264 e. The Bertz CT molecular complexity index is 1620. The molecule has 38 heavy (non-hydrogen) atoms. The zero-order valence-corrected chi connectivity index (χ0v) is 22.6. The second kappa shape index (κ2) is 10.2. The highest BCUT2D eigenvalue weighted by Crippen LogP contribution is 2.40. The number of nitrogen functional groups attached to an aromatic ring is 1. The summed E-state index contributed by atoms with van der Waals surface area (Å²) in [6.45, 7) is 1.63. The van der Waals surface area contributed by atoms with E-state index in [9.17, 15) is 8.42 Å². The number of rotatable bonds is 9. The molecule has 0 saturated carbocycles. The van der Waals surface area contributed by atoms with Crippen molar-refractivity contribution in [1.29, 1.82) is 0 Å². The van der Waals surface area contributed by atoms with Gasteiger partial charge in [0.1, 0.15) is 18.1 Å². The Morgan fingerprint density at radius 1 is 1.32 bits per heavy atom. The summed E-state index contributed by atoms with van der Waals surface area (Å²) in [5.74, 6) is 1.64. The Morgan fingerprint density at radius 3 is 2.89 bits per heavy atom. The number of nitrogens with one attached hydrogen (secondary N) is 1. The van der Waals surface area contributed by atoms with Gasteiger partial charge in [-0.05, 0) is 12.1 Å². The number of likely N-dealkylation sites (N-methyl/N-ethyl adjacent to an activating group) is 1. The van der Waals surface area contributed by atoms with Crippen LogP contribution in [0.15, 0.2) is 42.7 Å². The standard InChI is InChI=1S/C25H27ClN6O5S/c1-31(7-10-37-38(3,33)34)20-12-22(35-2)19(11-18(20)27)29-25-28-13-17(26)23(30-25)16-14-32-8-9-36-21-6-4-5-15(16)24(21)32/h4-6,11-14H,7-10,27H2,1-3H3,(H,28,29,30). The van der Waals surface area contributed by atoms with Crippen molar-refractivity contribution in [2.45, 2.75) is 6.54 Å². The van der Waals surface area contributed by atoms with E-state index in [1.165, 1.54) is 7.11 Å². The predicted molar refractivity (Wildman–Crippen MR) is 148 cm³/mol. The average Bonchev–Trinajstić information content (AvgIpc) is 3.25. The summed E-state index contributed by atoms with van der Waals surface area (Å²) in [6, 6.07) is 9.37. The largest absolute Gasteiger partial charge is 0.494 e. The lowest BCUT2D eigenvalue weighted by Gasteiger charge is -2.23. The van der Waals surface area contributed by atoms with E-state index >= 15 is 0 Å².